The van der Waals surface area contributed by atoms with E-state index in [9.17, 15) is 4.79 Å². The average molecular weight is 447 g/mol. The lowest BCUT2D eigenvalue weighted by Gasteiger charge is -2.09. The summed E-state index contributed by atoms with van der Waals surface area (Å²) in [5, 5.41) is 0. The van der Waals surface area contributed by atoms with Crippen LogP contribution in [0, 0.1) is 0 Å². The number of hydrogen-bond acceptors (Lipinski definition) is 2. The van der Waals surface area contributed by atoms with Gasteiger partial charge in [-0.05, 0) is 36.4 Å². The lowest BCUT2D eigenvalue weighted by molar-refractivity contribution is -0.131. The van der Waals surface area contributed by atoms with Gasteiger partial charge in [0.2, 0.25) is 0 Å². The minimum absolute atomic E-state index is 0.230. The highest BCUT2D eigenvalue weighted by atomic mass is 127. The number of halogens is 1. The number of carbonyl (C=O) groups excluding carboxylic acids is 1. The third kappa shape index (κ3) is 4.19. The van der Waals surface area contributed by atoms with Gasteiger partial charge in [0.15, 0.2) is 14.7 Å². The van der Waals surface area contributed by atoms with Crippen LogP contribution in [0.25, 0.3) is 0 Å². The van der Waals surface area contributed by atoms with Gasteiger partial charge in [0, 0.05) is 6.07 Å². The van der Waals surface area contributed by atoms with Crippen LogP contribution < -0.4 is 4.74 Å². The molecule has 3 aromatic carbocycles. The van der Waals surface area contributed by atoms with Gasteiger partial charge in [-0.25, -0.2) is 0 Å². The monoisotopic (exact) mass is 447 g/mol. The first-order chi connectivity index (χ1) is 11.8. The van der Waals surface area contributed by atoms with E-state index in [4.69, 9.17) is 4.74 Å². The molecule has 3 rings (SSSR count). The van der Waals surface area contributed by atoms with E-state index in [1.165, 1.54) is 9.79 Å². The molecule has 0 aromatic heterocycles. The van der Waals surface area contributed by atoms with E-state index >= 15 is 0 Å². The molecular formula is C20H16IO2S+. The summed E-state index contributed by atoms with van der Waals surface area (Å²) in [5.41, 5.74) is 0. The van der Waals surface area contributed by atoms with E-state index in [1.807, 2.05) is 52.9 Å². The van der Waals surface area contributed by atoms with E-state index in [-0.39, 0.29) is 16.9 Å². The van der Waals surface area contributed by atoms with Gasteiger partial charge in [-0.15, -0.1) is 0 Å². The highest BCUT2D eigenvalue weighted by molar-refractivity contribution is 14.1. The zero-order chi connectivity index (χ0) is 16.8. The molecule has 0 atom stereocenters. The summed E-state index contributed by atoms with van der Waals surface area (Å²) in [6, 6.07) is 28.6. The first kappa shape index (κ1) is 17.0. The Bertz CT molecular complexity index is 767. The molecule has 0 aliphatic rings. The van der Waals surface area contributed by atoms with Gasteiger partial charge >= 0.3 is 5.97 Å². The van der Waals surface area contributed by atoms with Crippen LogP contribution in [0.4, 0.5) is 0 Å². The number of carbonyl (C=O) groups is 1. The Balaban J connectivity index is 2.03. The van der Waals surface area contributed by atoms with Crippen molar-refractivity contribution in [1.29, 1.82) is 0 Å². The molecule has 0 fully saturated rings. The first-order valence-electron chi connectivity index (χ1n) is 7.49. The standard InChI is InChI=1S/C20H16IO2S/c21-15-20(22)23-16-8-7-13-19(14-16)24(17-9-3-1-4-10-17)18-11-5-2-6-12-18/h1-14H,15H2/q+1. The Morgan fingerprint density at radius 2 is 1.33 bits per heavy atom. The van der Waals surface area contributed by atoms with Crippen LogP contribution in [0.3, 0.4) is 0 Å². The number of alkyl halides is 1. The van der Waals surface area contributed by atoms with Crippen LogP contribution in [0.5, 0.6) is 5.75 Å². The van der Waals surface area contributed by atoms with Gasteiger partial charge in [0.1, 0.15) is 5.75 Å². The lowest BCUT2D eigenvalue weighted by atomic mass is 10.3. The Hall–Kier alpha value is -1.79. The van der Waals surface area contributed by atoms with Crippen molar-refractivity contribution in [3.63, 3.8) is 0 Å². The fourth-order valence-corrected chi connectivity index (χ4v) is 4.62. The molecule has 4 heteroatoms. The van der Waals surface area contributed by atoms with Crippen molar-refractivity contribution in [1.82, 2.24) is 0 Å². The van der Waals surface area contributed by atoms with Crippen LogP contribution in [0.2, 0.25) is 0 Å². The summed E-state index contributed by atoms with van der Waals surface area (Å²) in [5.74, 6) is 0.366. The second kappa shape index (κ2) is 8.35. The van der Waals surface area contributed by atoms with Crippen LogP contribution in [-0.2, 0) is 15.7 Å². The topological polar surface area (TPSA) is 26.3 Å². The highest BCUT2D eigenvalue weighted by Gasteiger charge is 2.28. The van der Waals surface area contributed by atoms with Crippen LogP contribution >= 0.6 is 22.6 Å². The smallest absolute Gasteiger partial charge is 0.321 e. The highest BCUT2D eigenvalue weighted by Crippen LogP contribution is 2.32. The molecule has 0 radical (unpaired) electrons. The summed E-state index contributed by atoms with van der Waals surface area (Å²) in [6.45, 7) is 0. The molecular weight excluding hydrogens is 431 g/mol. The Labute approximate surface area is 158 Å². The van der Waals surface area contributed by atoms with Crippen molar-refractivity contribution in [2.45, 2.75) is 14.7 Å². The molecule has 0 spiro atoms. The molecule has 0 unspecified atom stereocenters. The fourth-order valence-electron chi connectivity index (χ4n) is 2.34. The summed E-state index contributed by atoms with van der Waals surface area (Å²) in [7, 11) is -0.235. The maximum absolute atomic E-state index is 11.6. The first-order valence-corrected chi connectivity index (χ1v) is 10.2. The molecule has 0 aliphatic heterocycles. The molecule has 0 bridgehead atoms. The molecule has 2 nitrogen and oxygen atoms in total. The normalized spacial score (nSPS) is 10.6. The van der Waals surface area contributed by atoms with E-state index in [1.54, 1.807) is 0 Å². The van der Waals surface area contributed by atoms with Gasteiger partial charge in [-0.1, -0.05) is 65.1 Å². The fraction of sp³-hybridized carbons (Fsp3) is 0.0500. The largest absolute Gasteiger partial charge is 0.426 e. The van der Waals surface area contributed by atoms with E-state index < -0.39 is 0 Å². The SMILES string of the molecule is O=C(CI)Oc1cccc([S+](c2ccccc2)c2ccccc2)c1. The molecule has 3 aromatic rings. The summed E-state index contributed by atoms with van der Waals surface area (Å²) in [4.78, 5) is 15.2. The van der Waals surface area contributed by atoms with E-state index in [2.05, 4.69) is 54.6 Å². The second-order valence-corrected chi connectivity index (χ2v) is 7.80. The Kier molecular flexibility index (Phi) is 5.93. The zero-order valence-corrected chi connectivity index (χ0v) is 15.9. The van der Waals surface area contributed by atoms with Gasteiger partial charge in [-0.2, -0.15) is 0 Å². The molecule has 0 saturated carbocycles. The van der Waals surface area contributed by atoms with E-state index in [0.717, 1.165) is 4.90 Å². The van der Waals surface area contributed by atoms with E-state index in [0.29, 0.717) is 10.2 Å². The maximum atomic E-state index is 11.6. The lowest BCUT2D eigenvalue weighted by Crippen LogP contribution is -2.09. The van der Waals surface area contributed by atoms with Gasteiger partial charge in [0.05, 0.1) is 15.3 Å². The molecule has 0 heterocycles. The predicted octanol–water partition coefficient (Wildman–Crippen LogP) is 5.12. The Morgan fingerprint density at radius 1 is 0.792 bits per heavy atom. The maximum Gasteiger partial charge on any atom is 0.321 e. The number of ether oxygens (including phenoxy) is 1. The number of esters is 1. The average Bonchev–Trinajstić information content (AvgIpc) is 2.64. The van der Waals surface area contributed by atoms with Gasteiger partial charge in [-0.3, -0.25) is 4.79 Å². The Morgan fingerprint density at radius 3 is 1.88 bits per heavy atom. The minimum Gasteiger partial charge on any atom is -0.426 e. The molecule has 0 saturated heterocycles. The summed E-state index contributed by atoms with van der Waals surface area (Å²) in [6.07, 6.45) is 0. The molecule has 0 N–H and O–H groups in total. The van der Waals surface area contributed by atoms with Crippen molar-refractivity contribution in [2.75, 3.05) is 4.43 Å². The predicted molar refractivity (Wildman–Crippen MR) is 106 cm³/mol. The van der Waals surface area contributed by atoms with Gasteiger partial charge in [0.25, 0.3) is 0 Å². The van der Waals surface area contributed by atoms with Crippen molar-refractivity contribution in [3.8, 4) is 5.75 Å². The van der Waals surface area contributed by atoms with Crippen molar-refractivity contribution < 1.29 is 9.53 Å². The third-order valence-electron chi connectivity index (χ3n) is 3.34. The third-order valence-corrected chi connectivity index (χ3v) is 6.18. The van der Waals surface area contributed by atoms with Gasteiger partial charge < -0.3 is 4.74 Å². The number of hydrogen-bond donors (Lipinski definition) is 0. The van der Waals surface area contributed by atoms with Crippen molar-refractivity contribution >= 4 is 39.5 Å². The van der Waals surface area contributed by atoms with Crippen LogP contribution in [0.1, 0.15) is 0 Å². The van der Waals surface area contributed by atoms with Crippen LogP contribution in [0.15, 0.2) is 99.6 Å². The number of rotatable bonds is 5. The minimum atomic E-state index is -0.235. The number of benzene rings is 3. The summed E-state index contributed by atoms with van der Waals surface area (Å²) >= 11 is 2.01. The summed E-state index contributed by atoms with van der Waals surface area (Å²) < 4.78 is 5.72. The quantitative estimate of drug-likeness (QED) is 0.178. The second-order valence-electron chi connectivity index (χ2n) is 5.01. The van der Waals surface area contributed by atoms with Crippen molar-refractivity contribution in [3.05, 3.63) is 84.9 Å². The molecule has 0 amide bonds. The molecule has 24 heavy (non-hydrogen) atoms. The van der Waals surface area contributed by atoms with Crippen molar-refractivity contribution in [2.24, 2.45) is 0 Å². The van der Waals surface area contributed by atoms with Crippen LogP contribution in [-0.4, -0.2) is 10.4 Å². The molecule has 0 aliphatic carbocycles. The zero-order valence-electron chi connectivity index (χ0n) is 12.9. The molecule has 120 valence electrons.